The molecule has 1 aromatic carbocycles. The first-order valence-corrected chi connectivity index (χ1v) is 14.1. The summed E-state index contributed by atoms with van der Waals surface area (Å²) in [6.07, 6.45) is 4.25. The first-order chi connectivity index (χ1) is 20.2. The largest absolute Gasteiger partial charge is 0.482 e. The molecule has 0 unspecified atom stereocenters. The molecule has 4 aromatic rings. The molecule has 3 aromatic heterocycles. The van der Waals surface area contributed by atoms with Gasteiger partial charge in [-0.15, -0.1) is 0 Å². The number of carbonyl (C=O) groups excluding carboxylic acids is 1. The van der Waals surface area contributed by atoms with Gasteiger partial charge in [-0.05, 0) is 55.5 Å². The zero-order valence-corrected chi connectivity index (χ0v) is 23.7. The molecule has 1 amide bonds. The van der Waals surface area contributed by atoms with Gasteiger partial charge >= 0.3 is 0 Å². The summed E-state index contributed by atoms with van der Waals surface area (Å²) in [5, 5.41) is 19.4. The van der Waals surface area contributed by atoms with Crippen LogP contribution in [0, 0.1) is 34.8 Å². The van der Waals surface area contributed by atoms with Crippen LogP contribution in [-0.2, 0) is 17.8 Å². The van der Waals surface area contributed by atoms with Gasteiger partial charge < -0.3 is 10.1 Å². The number of halogens is 2. The van der Waals surface area contributed by atoms with Gasteiger partial charge in [-0.1, -0.05) is 26.8 Å². The van der Waals surface area contributed by atoms with Crippen LogP contribution in [0.5, 0.6) is 5.75 Å². The summed E-state index contributed by atoms with van der Waals surface area (Å²) >= 11 is 0. The van der Waals surface area contributed by atoms with Crippen LogP contribution >= 0.6 is 0 Å². The van der Waals surface area contributed by atoms with Gasteiger partial charge in [0.15, 0.2) is 12.3 Å². The van der Waals surface area contributed by atoms with Crippen molar-refractivity contribution in [3.8, 4) is 22.9 Å². The smallest absolute Gasteiger partial charge is 0.265 e. The lowest BCUT2D eigenvalue weighted by Gasteiger charge is -2.30. The number of fused-ring (bicyclic) bond motifs is 2. The van der Waals surface area contributed by atoms with Crippen molar-refractivity contribution >= 4 is 22.6 Å². The van der Waals surface area contributed by atoms with E-state index in [1.807, 2.05) is 10.7 Å². The maximum absolute atomic E-state index is 14.4. The predicted octanol–water partition coefficient (Wildman–Crippen LogP) is 4.94. The zero-order valence-electron chi connectivity index (χ0n) is 23.7. The zero-order chi connectivity index (χ0) is 29.5. The number of hydrogen-bond acceptors (Lipinski definition) is 7. The van der Waals surface area contributed by atoms with E-state index < -0.39 is 11.6 Å². The van der Waals surface area contributed by atoms with Gasteiger partial charge in [0.05, 0.1) is 47.6 Å². The lowest BCUT2D eigenvalue weighted by atomic mass is 9.92. The molecule has 2 atom stereocenters. The number of pyridine rings is 2. The Morgan fingerprint density at radius 3 is 2.79 bits per heavy atom. The number of piperidine rings is 1. The van der Waals surface area contributed by atoms with Crippen molar-refractivity contribution in [1.29, 1.82) is 5.26 Å². The minimum absolute atomic E-state index is 0.0535. The predicted molar refractivity (Wildman–Crippen MR) is 153 cm³/mol. The van der Waals surface area contributed by atoms with Gasteiger partial charge in [0, 0.05) is 17.0 Å². The van der Waals surface area contributed by atoms with Crippen molar-refractivity contribution in [2.45, 2.75) is 46.2 Å². The molecule has 5 heterocycles. The van der Waals surface area contributed by atoms with E-state index in [1.54, 1.807) is 18.3 Å². The van der Waals surface area contributed by atoms with Gasteiger partial charge in [-0.3, -0.25) is 14.7 Å². The van der Waals surface area contributed by atoms with Crippen LogP contribution in [0.25, 0.3) is 22.2 Å². The van der Waals surface area contributed by atoms with E-state index in [0.717, 1.165) is 48.4 Å². The summed E-state index contributed by atoms with van der Waals surface area (Å²) in [4.78, 5) is 23.0. The Morgan fingerprint density at radius 2 is 2.05 bits per heavy atom. The molecule has 11 heteroatoms. The second-order valence-corrected chi connectivity index (χ2v) is 11.4. The number of aromatic nitrogens is 4. The molecule has 0 radical (unpaired) electrons. The molecule has 0 aliphatic carbocycles. The summed E-state index contributed by atoms with van der Waals surface area (Å²) in [7, 11) is 0. The molecule has 1 fully saturated rings. The summed E-state index contributed by atoms with van der Waals surface area (Å²) in [5.41, 5.74) is 3.76. The van der Waals surface area contributed by atoms with Crippen LogP contribution in [0.2, 0.25) is 0 Å². The van der Waals surface area contributed by atoms with Crippen molar-refractivity contribution in [3.05, 3.63) is 65.2 Å². The molecule has 216 valence electrons. The fourth-order valence-corrected chi connectivity index (χ4v) is 5.91. The fourth-order valence-electron chi connectivity index (χ4n) is 5.91. The number of anilines is 1. The maximum Gasteiger partial charge on any atom is 0.265 e. The molecule has 1 N–H and O–H groups in total. The monoisotopic (exact) mass is 571 g/mol. The first kappa shape index (κ1) is 27.7. The first-order valence-electron chi connectivity index (χ1n) is 14.1. The Bertz CT molecular complexity index is 1730. The molecular formula is C31H31F2N7O2. The molecule has 0 saturated carbocycles. The van der Waals surface area contributed by atoms with Crippen LogP contribution in [0.4, 0.5) is 14.5 Å². The van der Waals surface area contributed by atoms with Crippen molar-refractivity contribution in [2.75, 3.05) is 24.6 Å². The van der Waals surface area contributed by atoms with Crippen LogP contribution in [0.3, 0.4) is 0 Å². The molecular weight excluding hydrogens is 540 g/mol. The maximum atomic E-state index is 14.4. The van der Waals surface area contributed by atoms with Gasteiger partial charge in [0.25, 0.3) is 5.91 Å². The van der Waals surface area contributed by atoms with E-state index in [2.05, 4.69) is 37.1 Å². The number of carbonyl (C=O) groups is 1. The third-order valence-electron chi connectivity index (χ3n) is 7.97. The molecule has 6 rings (SSSR count). The molecule has 42 heavy (non-hydrogen) atoms. The Balaban J connectivity index is 1.47. The van der Waals surface area contributed by atoms with E-state index in [4.69, 9.17) is 14.8 Å². The fraction of sp³-hybridized carbons (Fsp3) is 0.387. The summed E-state index contributed by atoms with van der Waals surface area (Å²) in [6, 6.07) is 8.66. The molecule has 0 spiro atoms. The van der Waals surface area contributed by atoms with E-state index in [0.29, 0.717) is 40.6 Å². The number of benzene rings is 1. The quantitative estimate of drug-likeness (QED) is 0.349. The van der Waals surface area contributed by atoms with Crippen LogP contribution in [0.1, 0.15) is 50.2 Å². The topological polar surface area (TPSA) is 109 Å². The second kappa shape index (κ2) is 11.1. The minimum Gasteiger partial charge on any atom is -0.482 e. The number of nitriles is 1. The number of hydrogen-bond donors (Lipinski definition) is 1. The lowest BCUT2D eigenvalue weighted by molar-refractivity contribution is -0.121. The van der Waals surface area contributed by atoms with Crippen molar-refractivity contribution < 1.29 is 18.3 Å². The van der Waals surface area contributed by atoms with Crippen molar-refractivity contribution in [1.82, 2.24) is 25.1 Å². The summed E-state index contributed by atoms with van der Waals surface area (Å²) in [6.45, 7) is 7.75. The SMILES string of the molecule is CC(C)Cc1nc2c(cnn2[C@@H]2CCNC[C@H]2C)c(-c2ccc3c(c2)OCC(=O)N3Cc2ncc(F)cc2F)c1C#N. The van der Waals surface area contributed by atoms with E-state index in [-0.39, 0.29) is 36.7 Å². The normalized spacial score (nSPS) is 18.7. The lowest BCUT2D eigenvalue weighted by Crippen LogP contribution is -2.38. The van der Waals surface area contributed by atoms with E-state index in [9.17, 15) is 18.8 Å². The summed E-state index contributed by atoms with van der Waals surface area (Å²) < 4.78 is 35.6. The molecule has 9 nitrogen and oxygen atoms in total. The highest BCUT2D eigenvalue weighted by molar-refractivity contribution is 6.00. The van der Waals surface area contributed by atoms with Crippen LogP contribution in [0.15, 0.2) is 36.7 Å². The van der Waals surface area contributed by atoms with E-state index >= 15 is 0 Å². The molecule has 2 aliphatic rings. The number of rotatable bonds is 6. The van der Waals surface area contributed by atoms with Gasteiger partial charge in [0.1, 0.15) is 23.5 Å². The average molecular weight is 572 g/mol. The number of nitrogens with zero attached hydrogens (tertiary/aromatic N) is 6. The third kappa shape index (κ3) is 4.96. The van der Waals surface area contributed by atoms with Crippen molar-refractivity contribution in [2.24, 2.45) is 11.8 Å². The highest BCUT2D eigenvalue weighted by atomic mass is 19.1. The number of ether oxygens (including phenoxy) is 1. The van der Waals surface area contributed by atoms with Gasteiger partial charge in [-0.2, -0.15) is 10.4 Å². The average Bonchev–Trinajstić information content (AvgIpc) is 3.37. The molecule has 2 aliphatic heterocycles. The highest BCUT2D eigenvalue weighted by Gasteiger charge is 2.30. The van der Waals surface area contributed by atoms with Crippen LogP contribution < -0.4 is 15.0 Å². The molecule has 0 bridgehead atoms. The van der Waals surface area contributed by atoms with Gasteiger partial charge in [0.2, 0.25) is 0 Å². The van der Waals surface area contributed by atoms with E-state index in [1.165, 1.54) is 4.90 Å². The Labute approximate surface area is 242 Å². The molecule has 1 saturated heterocycles. The minimum atomic E-state index is -0.830. The van der Waals surface area contributed by atoms with Gasteiger partial charge in [-0.25, -0.2) is 18.4 Å². The standard InChI is InChI=1S/C31H31F2N7O2/c1-17(2)8-24-21(11-34)30(22-14-37-40(31(22)38-24)26-6-7-35-12-18(26)3)19-4-5-27-28(9-19)42-16-29(41)39(27)15-25-23(33)10-20(32)13-36-25/h4-5,9-10,13-14,17-18,26,35H,6-8,12,15-16H2,1-3H3/t18-,26-/m1/s1. The number of nitrogens with one attached hydrogen (secondary N) is 1. The second-order valence-electron chi connectivity index (χ2n) is 11.4. The summed E-state index contributed by atoms with van der Waals surface area (Å²) in [5.74, 6) is -0.951. The van der Waals surface area contributed by atoms with Crippen molar-refractivity contribution in [3.63, 3.8) is 0 Å². The number of amides is 1. The Kier molecular flexibility index (Phi) is 7.33. The third-order valence-corrected chi connectivity index (χ3v) is 7.97. The Hall–Kier alpha value is -4.43. The van der Waals surface area contributed by atoms with Crippen LogP contribution in [-0.4, -0.2) is 45.4 Å². The highest BCUT2D eigenvalue weighted by Crippen LogP contribution is 2.41. The Morgan fingerprint density at radius 1 is 1.21 bits per heavy atom.